The van der Waals surface area contributed by atoms with Crippen LogP contribution >= 0.6 is 0 Å². The summed E-state index contributed by atoms with van der Waals surface area (Å²) in [4.78, 5) is 22.9. The van der Waals surface area contributed by atoms with Crippen molar-refractivity contribution in [1.82, 2.24) is 0 Å². The van der Waals surface area contributed by atoms with Gasteiger partial charge in [0.1, 0.15) is 5.78 Å². The first-order chi connectivity index (χ1) is 8.75. The second kappa shape index (κ2) is 5.99. The van der Waals surface area contributed by atoms with E-state index in [1.165, 1.54) is 6.92 Å². The summed E-state index contributed by atoms with van der Waals surface area (Å²) in [6, 6.07) is 0. The number of Topliss-reactive ketones (excluding diaryl/α,β-unsaturated/α-hetero) is 1. The molecule has 0 bridgehead atoms. The van der Waals surface area contributed by atoms with Gasteiger partial charge >= 0.3 is 0 Å². The molecule has 5 heteroatoms. The molecule has 0 aromatic carbocycles. The monoisotopic (exact) mass is 271 g/mol. The maximum Gasteiger partial charge on any atom is 0.223 e. The second-order valence-electron chi connectivity index (χ2n) is 6.16. The first kappa shape index (κ1) is 16.1. The number of rotatable bonds is 6. The number of unbranched alkanes of at least 4 members (excludes halogenated alkanes) is 2. The van der Waals surface area contributed by atoms with Gasteiger partial charge in [-0.15, -0.1) is 0 Å². The van der Waals surface area contributed by atoms with Crippen molar-refractivity contribution in [3.63, 3.8) is 0 Å². The molecule has 0 aromatic rings. The van der Waals surface area contributed by atoms with E-state index in [-0.39, 0.29) is 17.1 Å². The van der Waals surface area contributed by atoms with Crippen molar-refractivity contribution in [2.24, 2.45) is 5.92 Å². The highest BCUT2D eigenvalue weighted by Crippen LogP contribution is 2.43. The molecule has 1 aliphatic carbocycles. The topological polar surface area (TPSA) is 80.4 Å². The Morgan fingerprint density at radius 1 is 1.42 bits per heavy atom. The van der Waals surface area contributed by atoms with E-state index in [4.69, 9.17) is 0 Å². The Morgan fingerprint density at radius 3 is 2.53 bits per heavy atom. The Hall–Kier alpha value is -0.970. The zero-order valence-electron chi connectivity index (χ0n) is 12.1. The summed E-state index contributed by atoms with van der Waals surface area (Å²) in [6.45, 7) is 5.10. The van der Waals surface area contributed by atoms with E-state index < -0.39 is 17.1 Å². The largest absolute Gasteiger partial charge is 0.389 e. The molecule has 3 atom stereocenters. The molecular formula is C14H25NO4. The molecule has 0 saturated heterocycles. The number of nitro groups is 1. The minimum atomic E-state index is -1.10. The van der Waals surface area contributed by atoms with Crippen molar-refractivity contribution < 1.29 is 14.8 Å². The van der Waals surface area contributed by atoms with Crippen LogP contribution in [0.25, 0.3) is 0 Å². The van der Waals surface area contributed by atoms with Gasteiger partial charge in [-0.1, -0.05) is 19.8 Å². The predicted octanol–water partition coefficient (Wildman–Crippen LogP) is 2.72. The van der Waals surface area contributed by atoms with Crippen LogP contribution < -0.4 is 0 Å². The fourth-order valence-corrected chi connectivity index (χ4v) is 3.13. The standard InChI is InChI=1S/C14H25NO4/c1-4-5-6-7-14(15(18)19)9-8-13(3,17)12(10-14)11(2)16/h12,17H,4-10H2,1-3H3. The van der Waals surface area contributed by atoms with Gasteiger partial charge in [-0.2, -0.15) is 0 Å². The third kappa shape index (κ3) is 3.53. The highest BCUT2D eigenvalue weighted by molar-refractivity contribution is 5.79. The molecule has 0 spiro atoms. The number of ketones is 1. The smallest absolute Gasteiger partial charge is 0.223 e. The van der Waals surface area contributed by atoms with Crippen LogP contribution in [-0.2, 0) is 4.79 Å². The molecule has 0 amide bonds. The molecule has 5 nitrogen and oxygen atoms in total. The van der Waals surface area contributed by atoms with Crippen molar-refractivity contribution in [2.45, 2.75) is 76.9 Å². The number of carbonyl (C=O) groups excluding carboxylic acids is 1. The van der Waals surface area contributed by atoms with Gasteiger partial charge in [0.25, 0.3) is 0 Å². The molecule has 19 heavy (non-hydrogen) atoms. The summed E-state index contributed by atoms with van der Waals surface area (Å²) in [6.07, 6.45) is 4.16. The predicted molar refractivity (Wildman–Crippen MR) is 72.5 cm³/mol. The van der Waals surface area contributed by atoms with E-state index in [2.05, 4.69) is 6.92 Å². The third-order valence-corrected chi connectivity index (χ3v) is 4.55. The molecule has 1 N–H and O–H groups in total. The lowest BCUT2D eigenvalue weighted by atomic mass is 9.65. The van der Waals surface area contributed by atoms with Crippen LogP contribution in [0.2, 0.25) is 0 Å². The second-order valence-corrected chi connectivity index (χ2v) is 6.16. The number of aliphatic hydroxyl groups is 1. The average molecular weight is 271 g/mol. The summed E-state index contributed by atoms with van der Waals surface area (Å²) in [7, 11) is 0. The van der Waals surface area contributed by atoms with Gasteiger partial charge < -0.3 is 5.11 Å². The van der Waals surface area contributed by atoms with E-state index in [1.54, 1.807) is 6.92 Å². The zero-order valence-corrected chi connectivity index (χ0v) is 12.1. The molecule has 1 rings (SSSR count). The van der Waals surface area contributed by atoms with E-state index in [0.29, 0.717) is 19.3 Å². The van der Waals surface area contributed by atoms with Crippen molar-refractivity contribution in [1.29, 1.82) is 0 Å². The highest BCUT2D eigenvalue weighted by Gasteiger charge is 2.54. The van der Waals surface area contributed by atoms with Gasteiger partial charge in [-0.3, -0.25) is 14.9 Å². The van der Waals surface area contributed by atoms with Gasteiger partial charge in [-0.25, -0.2) is 0 Å². The maximum absolute atomic E-state index is 11.7. The molecular weight excluding hydrogens is 246 g/mol. The third-order valence-electron chi connectivity index (χ3n) is 4.55. The van der Waals surface area contributed by atoms with Crippen LogP contribution in [0.15, 0.2) is 0 Å². The highest BCUT2D eigenvalue weighted by atomic mass is 16.6. The molecule has 1 aliphatic rings. The van der Waals surface area contributed by atoms with Crippen molar-refractivity contribution in [3.05, 3.63) is 10.1 Å². The van der Waals surface area contributed by atoms with Crippen LogP contribution in [-0.4, -0.2) is 27.0 Å². The lowest BCUT2D eigenvalue weighted by Crippen LogP contribution is -2.53. The van der Waals surface area contributed by atoms with Crippen molar-refractivity contribution >= 4 is 5.78 Å². The minimum absolute atomic E-state index is 0.147. The molecule has 110 valence electrons. The van der Waals surface area contributed by atoms with Crippen LogP contribution in [0.3, 0.4) is 0 Å². The number of nitrogens with zero attached hydrogens (tertiary/aromatic N) is 1. The van der Waals surface area contributed by atoms with Gasteiger partial charge in [0.15, 0.2) is 0 Å². The SMILES string of the molecule is CCCCCC1([N+](=O)[O-])CCC(C)(O)C(C(C)=O)C1. The molecule has 1 fully saturated rings. The van der Waals surface area contributed by atoms with Crippen molar-refractivity contribution in [3.8, 4) is 0 Å². The van der Waals surface area contributed by atoms with Crippen LogP contribution in [0.5, 0.6) is 0 Å². The van der Waals surface area contributed by atoms with Crippen LogP contribution in [0, 0.1) is 16.0 Å². The number of hydrogen-bond acceptors (Lipinski definition) is 4. The van der Waals surface area contributed by atoms with E-state index in [9.17, 15) is 20.0 Å². The average Bonchev–Trinajstić information content (AvgIpc) is 2.30. The van der Waals surface area contributed by atoms with Gasteiger partial charge in [-0.05, 0) is 26.7 Å². The summed E-state index contributed by atoms with van der Waals surface area (Å²) in [5.74, 6) is -0.764. The molecule has 0 radical (unpaired) electrons. The van der Waals surface area contributed by atoms with Gasteiger partial charge in [0, 0.05) is 24.2 Å². The van der Waals surface area contributed by atoms with Gasteiger partial charge in [0.2, 0.25) is 5.54 Å². The minimum Gasteiger partial charge on any atom is -0.389 e. The van der Waals surface area contributed by atoms with Crippen LogP contribution in [0.4, 0.5) is 0 Å². The summed E-state index contributed by atoms with van der Waals surface area (Å²) in [5.41, 5.74) is -2.12. The molecule has 3 unspecified atom stereocenters. The Balaban J connectivity index is 2.89. The Bertz CT molecular complexity index is 353. The summed E-state index contributed by atoms with van der Waals surface area (Å²) >= 11 is 0. The maximum atomic E-state index is 11.7. The van der Waals surface area contributed by atoms with Crippen molar-refractivity contribution in [2.75, 3.05) is 0 Å². The van der Waals surface area contributed by atoms with Crippen LogP contribution in [0.1, 0.15) is 65.7 Å². The Labute approximate surface area is 114 Å². The fraction of sp³-hybridized carbons (Fsp3) is 0.929. The first-order valence-electron chi connectivity index (χ1n) is 7.12. The fourth-order valence-electron chi connectivity index (χ4n) is 3.13. The number of hydrogen-bond donors (Lipinski definition) is 1. The quantitative estimate of drug-likeness (QED) is 0.457. The molecule has 0 aromatic heterocycles. The number of carbonyl (C=O) groups is 1. The lowest BCUT2D eigenvalue weighted by Gasteiger charge is -2.42. The first-order valence-corrected chi connectivity index (χ1v) is 7.12. The summed E-state index contributed by atoms with van der Waals surface area (Å²) in [5, 5.41) is 21.7. The zero-order chi connectivity index (χ0) is 14.7. The Morgan fingerprint density at radius 2 is 2.05 bits per heavy atom. The molecule has 0 aliphatic heterocycles. The van der Waals surface area contributed by atoms with Gasteiger partial charge in [0.05, 0.1) is 11.5 Å². The van der Waals surface area contributed by atoms with E-state index in [1.807, 2.05) is 0 Å². The van der Waals surface area contributed by atoms with E-state index >= 15 is 0 Å². The summed E-state index contributed by atoms with van der Waals surface area (Å²) < 4.78 is 0. The van der Waals surface area contributed by atoms with E-state index in [0.717, 1.165) is 19.3 Å². The normalized spacial score (nSPS) is 35.1. The molecule has 0 heterocycles. The Kier molecular flexibility index (Phi) is 5.07. The lowest BCUT2D eigenvalue weighted by molar-refractivity contribution is -0.579. The molecule has 1 saturated carbocycles.